The molecule has 1 heterocycles. The Labute approximate surface area is 199 Å². The molecule has 4 rings (SSSR count). The van der Waals surface area contributed by atoms with E-state index in [-0.39, 0.29) is 0 Å². The quantitative estimate of drug-likeness (QED) is 0.468. The topological polar surface area (TPSA) is 85.2 Å². The van der Waals surface area contributed by atoms with E-state index < -0.39 is 42.3 Å². The zero-order chi connectivity index (χ0) is 24.3. The molecule has 0 aromatic heterocycles. The molecule has 0 spiro atoms. The van der Waals surface area contributed by atoms with Crippen LogP contribution in [0.25, 0.3) is 0 Å². The number of hydrogen-bond donors (Lipinski definition) is 2. The van der Waals surface area contributed by atoms with Gasteiger partial charge in [-0.05, 0) is 81.5 Å². The van der Waals surface area contributed by atoms with E-state index in [4.69, 9.17) is 14.2 Å². The summed E-state index contributed by atoms with van der Waals surface area (Å²) in [4.78, 5) is 12.5. The highest BCUT2D eigenvalue weighted by molar-refractivity contribution is 5.82. The molecule has 0 amide bonds. The molecule has 0 radical (unpaired) electrons. The monoisotopic (exact) mass is 464 g/mol. The van der Waals surface area contributed by atoms with Crippen molar-refractivity contribution in [3.05, 3.63) is 11.6 Å². The molecule has 6 heteroatoms. The van der Waals surface area contributed by atoms with Crippen molar-refractivity contribution in [2.75, 3.05) is 0 Å². The van der Waals surface area contributed by atoms with Gasteiger partial charge in [-0.3, -0.25) is 0 Å². The van der Waals surface area contributed by atoms with Crippen LogP contribution in [0.1, 0.15) is 80.6 Å². The van der Waals surface area contributed by atoms with Gasteiger partial charge in [0.15, 0.2) is 12.4 Å². The minimum atomic E-state index is -1.27. The summed E-state index contributed by atoms with van der Waals surface area (Å²) in [6.45, 7) is 14.9. The minimum Gasteiger partial charge on any atom is -0.451 e. The summed E-state index contributed by atoms with van der Waals surface area (Å²) < 4.78 is 18.4. The number of fused-ring (bicyclic) bond motifs is 3. The maximum absolute atomic E-state index is 12.5. The molecule has 4 fully saturated rings. The van der Waals surface area contributed by atoms with Crippen molar-refractivity contribution in [1.29, 1.82) is 0 Å². The molecule has 2 N–H and O–H groups in total. The lowest BCUT2D eigenvalue weighted by Crippen LogP contribution is -2.61. The lowest BCUT2D eigenvalue weighted by atomic mass is 9.74. The van der Waals surface area contributed by atoms with Crippen LogP contribution in [0, 0.1) is 35.0 Å². The molecule has 3 aliphatic carbocycles. The second-order valence-electron chi connectivity index (χ2n) is 12.1. The van der Waals surface area contributed by atoms with Gasteiger partial charge in [-0.15, -0.1) is 0 Å². The Bertz CT molecular complexity index is 777. The second kappa shape index (κ2) is 8.92. The van der Waals surface area contributed by atoms with Crippen molar-refractivity contribution in [3.63, 3.8) is 0 Å². The zero-order valence-corrected chi connectivity index (χ0v) is 21.4. The van der Waals surface area contributed by atoms with Crippen molar-refractivity contribution in [1.82, 2.24) is 0 Å². The highest BCUT2D eigenvalue weighted by Gasteiger charge is 2.67. The number of allylic oxidation sites excluding steroid dienone is 1. The summed E-state index contributed by atoms with van der Waals surface area (Å²) in [6, 6.07) is 0. The van der Waals surface area contributed by atoms with Crippen LogP contribution in [0.4, 0.5) is 0 Å². The number of carbonyl (C=O) groups excluding carboxylic acids is 1. The molecular formula is C27H44O6. The number of esters is 1. The van der Waals surface area contributed by atoms with Gasteiger partial charge in [0.25, 0.3) is 0 Å². The molecule has 188 valence electrons. The molecule has 11 unspecified atom stereocenters. The van der Waals surface area contributed by atoms with E-state index in [0.29, 0.717) is 23.2 Å². The van der Waals surface area contributed by atoms with Gasteiger partial charge in [0.2, 0.25) is 0 Å². The van der Waals surface area contributed by atoms with E-state index in [2.05, 4.69) is 27.7 Å². The molecule has 1 aliphatic heterocycles. The van der Waals surface area contributed by atoms with Crippen LogP contribution in [0.5, 0.6) is 0 Å². The Morgan fingerprint density at radius 3 is 2.45 bits per heavy atom. The van der Waals surface area contributed by atoms with Gasteiger partial charge in [-0.1, -0.05) is 39.7 Å². The summed E-state index contributed by atoms with van der Waals surface area (Å²) in [6.07, 6.45) is 1.52. The number of carbonyl (C=O) groups is 1. The Balaban J connectivity index is 1.57. The molecular weight excluding hydrogens is 420 g/mol. The van der Waals surface area contributed by atoms with E-state index in [1.807, 2.05) is 13.8 Å². The summed E-state index contributed by atoms with van der Waals surface area (Å²) in [5, 5.41) is 21.3. The van der Waals surface area contributed by atoms with Gasteiger partial charge in [-0.2, -0.15) is 0 Å². The molecule has 11 atom stereocenters. The summed E-state index contributed by atoms with van der Waals surface area (Å²) in [5.74, 6) is 2.61. The Morgan fingerprint density at radius 2 is 1.79 bits per heavy atom. The molecule has 4 aliphatic rings. The van der Waals surface area contributed by atoms with Crippen molar-refractivity contribution in [2.45, 2.75) is 117 Å². The normalized spacial score (nSPS) is 49.1. The first-order valence-electron chi connectivity index (χ1n) is 13.0. The summed E-state index contributed by atoms with van der Waals surface area (Å²) in [7, 11) is 0. The highest BCUT2D eigenvalue weighted by Crippen LogP contribution is 2.71. The first-order valence-corrected chi connectivity index (χ1v) is 13.0. The van der Waals surface area contributed by atoms with Crippen LogP contribution >= 0.6 is 0 Å². The van der Waals surface area contributed by atoms with Crippen molar-refractivity contribution in [3.8, 4) is 0 Å². The van der Waals surface area contributed by atoms with Crippen LogP contribution in [0.15, 0.2) is 11.6 Å². The van der Waals surface area contributed by atoms with Gasteiger partial charge in [0.1, 0.15) is 12.2 Å². The largest absolute Gasteiger partial charge is 0.451 e. The van der Waals surface area contributed by atoms with E-state index in [0.717, 1.165) is 43.1 Å². The molecule has 0 bridgehead atoms. The molecule has 0 aromatic carbocycles. The first kappa shape index (κ1) is 25.2. The Hall–Kier alpha value is -0.950. The smallest absolute Gasteiger partial charge is 0.331 e. The zero-order valence-electron chi connectivity index (χ0n) is 21.4. The number of rotatable bonds is 5. The third-order valence-corrected chi connectivity index (χ3v) is 9.69. The molecule has 0 aromatic rings. The predicted molar refractivity (Wildman–Crippen MR) is 125 cm³/mol. The average Bonchev–Trinajstić information content (AvgIpc) is 3.12. The van der Waals surface area contributed by atoms with Gasteiger partial charge in [-0.25, -0.2) is 4.79 Å². The lowest BCUT2D eigenvalue weighted by molar-refractivity contribution is -0.328. The average molecular weight is 465 g/mol. The van der Waals surface area contributed by atoms with Gasteiger partial charge in [0.05, 0.1) is 11.7 Å². The van der Waals surface area contributed by atoms with Gasteiger partial charge < -0.3 is 24.4 Å². The fourth-order valence-electron chi connectivity index (χ4n) is 7.38. The van der Waals surface area contributed by atoms with Crippen LogP contribution in [-0.4, -0.2) is 52.5 Å². The summed E-state index contributed by atoms with van der Waals surface area (Å²) in [5.41, 5.74) is 0.865. The van der Waals surface area contributed by atoms with Crippen molar-refractivity contribution in [2.24, 2.45) is 35.0 Å². The third-order valence-electron chi connectivity index (χ3n) is 9.69. The van der Waals surface area contributed by atoms with E-state index in [1.54, 1.807) is 6.92 Å². The molecule has 3 saturated carbocycles. The van der Waals surface area contributed by atoms with Crippen LogP contribution < -0.4 is 0 Å². The van der Waals surface area contributed by atoms with E-state index in [1.165, 1.54) is 12.5 Å². The van der Waals surface area contributed by atoms with E-state index in [9.17, 15) is 15.0 Å². The van der Waals surface area contributed by atoms with Gasteiger partial charge >= 0.3 is 5.97 Å². The molecule has 33 heavy (non-hydrogen) atoms. The number of hydrogen-bond acceptors (Lipinski definition) is 6. The highest BCUT2D eigenvalue weighted by atomic mass is 16.7. The third kappa shape index (κ3) is 4.41. The standard InChI is InChI=1S/C27H44O6/c1-8-14(2)13-19(28)32-24-23(30)22(29)16(4)31-25(24)33-27(7)12-11-18-21(26(18,5)6)20-15(3)9-10-17(20)27/h13,15-18,20-25,29-30H,8-12H2,1-7H3/b14-13+. The van der Waals surface area contributed by atoms with E-state index >= 15 is 0 Å². The van der Waals surface area contributed by atoms with Crippen LogP contribution in [0.2, 0.25) is 0 Å². The predicted octanol–water partition coefficient (Wildman–Crippen LogP) is 4.22. The van der Waals surface area contributed by atoms with Crippen molar-refractivity contribution < 1.29 is 29.2 Å². The first-order chi connectivity index (χ1) is 15.4. The second-order valence-corrected chi connectivity index (χ2v) is 12.1. The maximum Gasteiger partial charge on any atom is 0.331 e. The number of ether oxygens (including phenoxy) is 3. The Morgan fingerprint density at radius 1 is 1.09 bits per heavy atom. The molecule has 6 nitrogen and oxygen atoms in total. The maximum atomic E-state index is 12.5. The summed E-state index contributed by atoms with van der Waals surface area (Å²) >= 11 is 0. The SMILES string of the molecule is CC/C(C)=C/C(=O)OC1C(OC2(C)CCC3C(C4C(C)CCC42)C3(C)C)OC(C)C(O)C1O. The van der Waals surface area contributed by atoms with Crippen molar-refractivity contribution >= 4 is 5.97 Å². The van der Waals surface area contributed by atoms with Gasteiger partial charge in [0, 0.05) is 6.08 Å². The lowest BCUT2D eigenvalue weighted by Gasteiger charge is -2.47. The van der Waals surface area contributed by atoms with Crippen LogP contribution in [-0.2, 0) is 19.0 Å². The Kier molecular flexibility index (Phi) is 6.80. The minimum absolute atomic E-state index is 0.403. The van der Waals surface area contributed by atoms with Crippen LogP contribution in [0.3, 0.4) is 0 Å². The number of aliphatic hydroxyl groups excluding tert-OH is 2. The fraction of sp³-hybridized carbons (Fsp3) is 0.889. The fourth-order valence-corrected chi connectivity index (χ4v) is 7.38. The molecule has 1 saturated heterocycles. The number of aliphatic hydroxyl groups is 2.